The van der Waals surface area contributed by atoms with Crippen molar-refractivity contribution in [3.63, 3.8) is 0 Å². The van der Waals surface area contributed by atoms with Crippen molar-refractivity contribution in [1.82, 2.24) is 25.6 Å². The lowest BCUT2D eigenvalue weighted by Crippen LogP contribution is -2.21. The molecule has 0 aliphatic rings. The van der Waals surface area contributed by atoms with E-state index in [2.05, 4.69) is 50.1 Å². The SMILES string of the molecule is Cc1[nH]nc(NC(=O)Nc2cc3n[nH]nc3cc2F)c1CC(C)C. The highest BCUT2D eigenvalue weighted by Gasteiger charge is 2.16. The van der Waals surface area contributed by atoms with E-state index in [0.29, 0.717) is 22.8 Å². The average molecular weight is 331 g/mol. The maximum absolute atomic E-state index is 14.0. The summed E-state index contributed by atoms with van der Waals surface area (Å²) in [6.07, 6.45) is 0.775. The first-order chi connectivity index (χ1) is 11.4. The molecule has 0 atom stereocenters. The standard InChI is InChI=1S/C15H18FN7O/c1-7(2)4-9-8(3)19-22-14(9)18-15(24)17-11-6-13-12(5-10(11)16)20-23-21-13/h5-7H,4H2,1-3H3,(H,20,21,23)(H3,17,18,19,22,24). The molecule has 0 aliphatic heterocycles. The molecule has 2 heterocycles. The third-order valence-electron chi connectivity index (χ3n) is 3.57. The van der Waals surface area contributed by atoms with Gasteiger partial charge in [-0.05, 0) is 25.3 Å². The summed E-state index contributed by atoms with van der Waals surface area (Å²) in [6, 6.07) is 2.05. The summed E-state index contributed by atoms with van der Waals surface area (Å²) in [4.78, 5) is 12.2. The van der Waals surface area contributed by atoms with E-state index in [1.807, 2.05) is 6.92 Å². The number of nitrogens with zero attached hydrogens (tertiary/aromatic N) is 3. The number of carbonyl (C=O) groups is 1. The van der Waals surface area contributed by atoms with Crippen LogP contribution in [0, 0.1) is 18.7 Å². The summed E-state index contributed by atoms with van der Waals surface area (Å²) < 4.78 is 14.0. The molecule has 0 radical (unpaired) electrons. The van der Waals surface area contributed by atoms with Crippen LogP contribution in [0.25, 0.3) is 11.0 Å². The monoisotopic (exact) mass is 331 g/mol. The Hall–Kier alpha value is -2.97. The topological polar surface area (TPSA) is 111 Å². The Morgan fingerprint density at radius 3 is 2.62 bits per heavy atom. The predicted octanol–water partition coefficient (Wildman–Crippen LogP) is 2.97. The summed E-state index contributed by atoms with van der Waals surface area (Å²) >= 11 is 0. The van der Waals surface area contributed by atoms with Crippen molar-refractivity contribution >= 4 is 28.6 Å². The summed E-state index contributed by atoms with van der Waals surface area (Å²) in [5.74, 6) is 0.269. The number of anilines is 2. The second-order valence-corrected chi connectivity index (χ2v) is 6.00. The minimum atomic E-state index is -0.591. The zero-order valence-electron chi connectivity index (χ0n) is 13.6. The molecule has 8 nitrogen and oxygen atoms in total. The van der Waals surface area contributed by atoms with Crippen LogP contribution < -0.4 is 10.6 Å². The number of H-pyrrole nitrogens is 2. The molecule has 0 bridgehead atoms. The van der Waals surface area contributed by atoms with Crippen LogP contribution in [0.2, 0.25) is 0 Å². The van der Waals surface area contributed by atoms with Crippen molar-refractivity contribution < 1.29 is 9.18 Å². The molecule has 0 unspecified atom stereocenters. The van der Waals surface area contributed by atoms with Crippen molar-refractivity contribution in [1.29, 1.82) is 0 Å². The summed E-state index contributed by atoms with van der Waals surface area (Å²) in [5.41, 5.74) is 2.71. The number of halogens is 1. The van der Waals surface area contributed by atoms with E-state index in [-0.39, 0.29) is 5.69 Å². The van der Waals surface area contributed by atoms with Crippen molar-refractivity contribution in [3.05, 3.63) is 29.2 Å². The average Bonchev–Trinajstić information content (AvgIpc) is 3.08. The van der Waals surface area contributed by atoms with Gasteiger partial charge >= 0.3 is 6.03 Å². The van der Waals surface area contributed by atoms with Crippen LogP contribution in [0.4, 0.5) is 20.7 Å². The van der Waals surface area contributed by atoms with Crippen LogP contribution in [0.5, 0.6) is 0 Å². The number of aromatic amines is 2. The summed E-state index contributed by atoms with van der Waals surface area (Å²) in [6.45, 7) is 6.06. The molecule has 126 valence electrons. The highest BCUT2D eigenvalue weighted by molar-refractivity contribution is 6.00. The van der Waals surface area contributed by atoms with Crippen molar-refractivity contribution in [2.45, 2.75) is 27.2 Å². The molecule has 0 saturated heterocycles. The third kappa shape index (κ3) is 3.19. The van der Waals surface area contributed by atoms with E-state index < -0.39 is 11.8 Å². The Morgan fingerprint density at radius 1 is 1.21 bits per heavy atom. The Morgan fingerprint density at radius 2 is 1.92 bits per heavy atom. The van der Waals surface area contributed by atoms with Crippen LogP contribution in [-0.2, 0) is 6.42 Å². The quantitative estimate of drug-likeness (QED) is 0.589. The van der Waals surface area contributed by atoms with Gasteiger partial charge in [0.1, 0.15) is 16.9 Å². The van der Waals surface area contributed by atoms with E-state index in [9.17, 15) is 9.18 Å². The van der Waals surface area contributed by atoms with Gasteiger partial charge in [-0.15, -0.1) is 0 Å². The van der Waals surface area contributed by atoms with Crippen LogP contribution in [0.3, 0.4) is 0 Å². The summed E-state index contributed by atoms with van der Waals surface area (Å²) in [5, 5.41) is 22.1. The zero-order valence-corrected chi connectivity index (χ0v) is 13.6. The first-order valence-corrected chi connectivity index (χ1v) is 7.56. The van der Waals surface area contributed by atoms with Crippen molar-refractivity contribution in [3.8, 4) is 0 Å². The number of aryl methyl sites for hydroxylation is 1. The van der Waals surface area contributed by atoms with Gasteiger partial charge in [-0.3, -0.25) is 10.4 Å². The van der Waals surface area contributed by atoms with Crippen LogP contribution in [0.1, 0.15) is 25.1 Å². The summed E-state index contributed by atoms with van der Waals surface area (Å²) in [7, 11) is 0. The van der Waals surface area contributed by atoms with Gasteiger partial charge in [0.05, 0.1) is 5.69 Å². The fourth-order valence-corrected chi connectivity index (χ4v) is 2.43. The molecule has 24 heavy (non-hydrogen) atoms. The predicted molar refractivity (Wildman–Crippen MR) is 88.4 cm³/mol. The third-order valence-corrected chi connectivity index (χ3v) is 3.57. The number of fused-ring (bicyclic) bond motifs is 1. The van der Waals surface area contributed by atoms with Crippen molar-refractivity contribution in [2.24, 2.45) is 5.92 Å². The molecular weight excluding hydrogens is 313 g/mol. The van der Waals surface area contributed by atoms with E-state index in [1.54, 1.807) is 0 Å². The van der Waals surface area contributed by atoms with Crippen LogP contribution in [0.15, 0.2) is 12.1 Å². The van der Waals surface area contributed by atoms with E-state index in [4.69, 9.17) is 0 Å². The molecule has 9 heteroatoms. The molecule has 0 fully saturated rings. The lowest BCUT2D eigenvalue weighted by atomic mass is 10.0. The fraction of sp³-hybridized carbons (Fsp3) is 0.333. The maximum atomic E-state index is 14.0. The number of benzene rings is 1. The van der Waals surface area contributed by atoms with E-state index >= 15 is 0 Å². The number of hydrogen-bond donors (Lipinski definition) is 4. The van der Waals surface area contributed by atoms with Gasteiger partial charge in [-0.1, -0.05) is 13.8 Å². The first-order valence-electron chi connectivity index (χ1n) is 7.56. The van der Waals surface area contributed by atoms with E-state index in [0.717, 1.165) is 17.7 Å². The van der Waals surface area contributed by atoms with E-state index in [1.165, 1.54) is 12.1 Å². The Kier molecular flexibility index (Phi) is 4.15. The molecule has 3 rings (SSSR count). The van der Waals surface area contributed by atoms with Crippen molar-refractivity contribution in [2.75, 3.05) is 10.6 Å². The van der Waals surface area contributed by atoms with Gasteiger partial charge in [0.25, 0.3) is 0 Å². The van der Waals surface area contributed by atoms with Crippen LogP contribution >= 0.6 is 0 Å². The fourth-order valence-electron chi connectivity index (χ4n) is 2.43. The second kappa shape index (κ2) is 6.26. The molecule has 4 N–H and O–H groups in total. The smallest absolute Gasteiger partial charge is 0.305 e. The maximum Gasteiger partial charge on any atom is 0.324 e. The van der Waals surface area contributed by atoms with Gasteiger partial charge in [0, 0.05) is 17.3 Å². The molecule has 2 amide bonds. The lowest BCUT2D eigenvalue weighted by molar-refractivity contribution is 0.262. The Labute approximate surface area is 137 Å². The molecule has 3 aromatic rings. The minimum Gasteiger partial charge on any atom is -0.305 e. The number of amides is 2. The molecular formula is C15H18FN7O. The number of nitrogens with one attached hydrogen (secondary N) is 4. The molecule has 0 spiro atoms. The Bertz CT molecular complexity index is 883. The largest absolute Gasteiger partial charge is 0.324 e. The second-order valence-electron chi connectivity index (χ2n) is 6.00. The number of aromatic nitrogens is 5. The van der Waals surface area contributed by atoms with Gasteiger partial charge in [0.2, 0.25) is 0 Å². The van der Waals surface area contributed by atoms with Gasteiger partial charge < -0.3 is 5.32 Å². The molecule has 1 aromatic carbocycles. The minimum absolute atomic E-state index is 0.0200. The van der Waals surface area contributed by atoms with Gasteiger partial charge in [0.15, 0.2) is 5.82 Å². The number of carbonyl (C=O) groups excluding carboxylic acids is 1. The lowest BCUT2D eigenvalue weighted by Gasteiger charge is -2.10. The number of urea groups is 1. The molecule has 2 aromatic heterocycles. The molecule has 0 saturated carbocycles. The highest BCUT2D eigenvalue weighted by atomic mass is 19.1. The number of rotatable bonds is 4. The Balaban J connectivity index is 1.76. The zero-order chi connectivity index (χ0) is 17.3. The molecule has 0 aliphatic carbocycles. The normalized spacial score (nSPS) is 11.2. The highest BCUT2D eigenvalue weighted by Crippen LogP contribution is 2.22. The van der Waals surface area contributed by atoms with Crippen LogP contribution in [-0.4, -0.2) is 31.6 Å². The van der Waals surface area contributed by atoms with Gasteiger partial charge in [-0.2, -0.15) is 20.5 Å². The van der Waals surface area contributed by atoms with Gasteiger partial charge in [-0.25, -0.2) is 9.18 Å². The first kappa shape index (κ1) is 15.9. The number of hydrogen-bond acceptors (Lipinski definition) is 4.